The van der Waals surface area contributed by atoms with Crippen molar-refractivity contribution in [2.45, 2.75) is 40.3 Å². The number of aliphatic imine (C=N–C) groups is 1. The van der Waals surface area contributed by atoms with Crippen LogP contribution in [0.25, 0.3) is 0 Å². The molecule has 1 rings (SSSR count). The molecule has 124 valence electrons. The summed E-state index contributed by atoms with van der Waals surface area (Å²) < 4.78 is 0. The molecule has 0 heterocycles. The zero-order valence-electron chi connectivity index (χ0n) is 13.5. The molecule has 0 spiro atoms. The van der Waals surface area contributed by atoms with Crippen molar-refractivity contribution in [3.63, 3.8) is 0 Å². The molecule has 2 N–H and O–H groups in total. The molecule has 6 nitrogen and oxygen atoms in total. The first-order chi connectivity index (χ1) is 9.88. The van der Waals surface area contributed by atoms with E-state index in [1.54, 1.807) is 12.1 Å². The minimum Gasteiger partial charge on any atom is -0.356 e. The molecular weight excluding hydrogens is 395 g/mol. The number of hydrogen-bond acceptors (Lipinski definition) is 3. The van der Waals surface area contributed by atoms with Crippen LogP contribution >= 0.6 is 24.0 Å². The molecule has 0 saturated heterocycles. The smallest absolute Gasteiger partial charge is 0.269 e. The van der Waals surface area contributed by atoms with Gasteiger partial charge in [-0.1, -0.05) is 26.0 Å². The van der Waals surface area contributed by atoms with Crippen LogP contribution in [-0.2, 0) is 6.54 Å². The second-order valence-corrected chi connectivity index (χ2v) is 5.66. The number of guanidine groups is 1. The Bertz CT molecular complexity index is 487. The third-order valence-electron chi connectivity index (χ3n) is 2.67. The Hall–Kier alpha value is -1.38. The topological polar surface area (TPSA) is 79.6 Å². The number of halogens is 1. The van der Waals surface area contributed by atoms with Crippen LogP contribution in [-0.4, -0.2) is 23.5 Å². The van der Waals surface area contributed by atoms with Gasteiger partial charge in [-0.2, -0.15) is 0 Å². The molecule has 0 atom stereocenters. The Morgan fingerprint density at radius 1 is 1.23 bits per heavy atom. The fourth-order valence-corrected chi connectivity index (χ4v) is 1.62. The van der Waals surface area contributed by atoms with Crippen LogP contribution in [0.2, 0.25) is 0 Å². The van der Waals surface area contributed by atoms with Crippen LogP contribution in [0.15, 0.2) is 29.3 Å². The number of rotatable bonds is 6. The van der Waals surface area contributed by atoms with Crippen molar-refractivity contribution in [1.82, 2.24) is 10.6 Å². The number of nitrogens with one attached hydrogen (secondary N) is 2. The van der Waals surface area contributed by atoms with Gasteiger partial charge in [0.25, 0.3) is 5.69 Å². The van der Waals surface area contributed by atoms with Gasteiger partial charge in [-0.25, -0.2) is 4.99 Å². The third kappa shape index (κ3) is 8.16. The van der Waals surface area contributed by atoms with Crippen molar-refractivity contribution in [2.75, 3.05) is 6.54 Å². The van der Waals surface area contributed by atoms with E-state index in [4.69, 9.17) is 0 Å². The molecule has 0 unspecified atom stereocenters. The highest BCUT2D eigenvalue weighted by Crippen LogP contribution is 2.12. The second-order valence-electron chi connectivity index (χ2n) is 5.66. The maximum atomic E-state index is 10.6. The summed E-state index contributed by atoms with van der Waals surface area (Å²) in [5.41, 5.74) is 1.04. The molecule has 0 fully saturated rings. The molecule has 0 aromatic heterocycles. The van der Waals surface area contributed by atoms with Gasteiger partial charge in [-0.05, 0) is 25.3 Å². The van der Waals surface area contributed by atoms with Crippen molar-refractivity contribution in [1.29, 1.82) is 0 Å². The SMILES string of the molecule is CC(C)CNC(=NCc1ccc([N+](=O)[O-])cc1)NC(C)C.I. The quantitative estimate of drug-likeness (QED) is 0.243. The summed E-state index contributed by atoms with van der Waals surface area (Å²) in [4.78, 5) is 14.7. The minimum atomic E-state index is -0.400. The first kappa shape index (κ1) is 20.6. The van der Waals surface area contributed by atoms with Gasteiger partial charge in [0, 0.05) is 24.7 Å². The Labute approximate surface area is 149 Å². The van der Waals surface area contributed by atoms with Crippen LogP contribution in [0, 0.1) is 16.0 Å². The second kappa shape index (κ2) is 10.4. The minimum absolute atomic E-state index is 0. The molecule has 1 aromatic carbocycles. The van der Waals surface area contributed by atoms with E-state index >= 15 is 0 Å². The van der Waals surface area contributed by atoms with Crippen LogP contribution in [0.5, 0.6) is 0 Å². The number of nitro benzene ring substituents is 1. The summed E-state index contributed by atoms with van der Waals surface area (Å²) in [6, 6.07) is 6.76. The average Bonchev–Trinajstić information content (AvgIpc) is 2.41. The molecule has 0 amide bonds. The summed E-state index contributed by atoms with van der Waals surface area (Å²) in [5, 5.41) is 17.2. The van der Waals surface area contributed by atoms with Crippen molar-refractivity contribution in [3.05, 3.63) is 39.9 Å². The molecule has 22 heavy (non-hydrogen) atoms. The highest BCUT2D eigenvalue weighted by atomic mass is 127. The Balaban J connectivity index is 0.00000441. The molecule has 0 aliphatic carbocycles. The number of hydrogen-bond donors (Lipinski definition) is 2. The van der Waals surface area contributed by atoms with E-state index in [9.17, 15) is 10.1 Å². The average molecular weight is 420 g/mol. The van der Waals surface area contributed by atoms with E-state index in [1.165, 1.54) is 12.1 Å². The summed E-state index contributed by atoms with van der Waals surface area (Å²) in [5.74, 6) is 1.29. The van der Waals surface area contributed by atoms with E-state index in [2.05, 4.69) is 43.3 Å². The predicted molar refractivity (Wildman–Crippen MR) is 101 cm³/mol. The molecule has 0 aliphatic heterocycles. The van der Waals surface area contributed by atoms with E-state index in [0.717, 1.165) is 18.1 Å². The molecule has 0 saturated carbocycles. The fraction of sp³-hybridized carbons (Fsp3) is 0.533. The molecule has 0 bridgehead atoms. The Kier molecular flexibility index (Phi) is 9.71. The lowest BCUT2D eigenvalue weighted by Gasteiger charge is -2.16. The van der Waals surface area contributed by atoms with Gasteiger partial charge in [-0.15, -0.1) is 24.0 Å². The fourth-order valence-electron chi connectivity index (χ4n) is 1.62. The van der Waals surface area contributed by atoms with Gasteiger partial charge in [0.15, 0.2) is 5.96 Å². The van der Waals surface area contributed by atoms with Gasteiger partial charge in [0.05, 0.1) is 11.5 Å². The zero-order chi connectivity index (χ0) is 15.8. The predicted octanol–water partition coefficient (Wildman–Crippen LogP) is 3.31. The molecule has 7 heteroatoms. The van der Waals surface area contributed by atoms with Crippen LogP contribution in [0.1, 0.15) is 33.3 Å². The number of nitro groups is 1. The van der Waals surface area contributed by atoms with Gasteiger partial charge in [0.1, 0.15) is 0 Å². The highest BCUT2D eigenvalue weighted by molar-refractivity contribution is 14.0. The van der Waals surface area contributed by atoms with Gasteiger partial charge < -0.3 is 10.6 Å². The first-order valence-electron chi connectivity index (χ1n) is 7.16. The highest BCUT2D eigenvalue weighted by Gasteiger charge is 2.05. The van der Waals surface area contributed by atoms with Crippen molar-refractivity contribution in [3.8, 4) is 0 Å². The Morgan fingerprint density at radius 2 is 1.82 bits per heavy atom. The molecular formula is C15H25IN4O2. The van der Waals surface area contributed by atoms with Crippen molar-refractivity contribution < 1.29 is 4.92 Å². The first-order valence-corrected chi connectivity index (χ1v) is 7.16. The van der Waals surface area contributed by atoms with Crippen molar-refractivity contribution >= 4 is 35.6 Å². The monoisotopic (exact) mass is 420 g/mol. The van der Waals surface area contributed by atoms with E-state index in [-0.39, 0.29) is 29.7 Å². The van der Waals surface area contributed by atoms with Crippen molar-refractivity contribution in [2.24, 2.45) is 10.9 Å². The van der Waals surface area contributed by atoms with Crippen LogP contribution in [0.4, 0.5) is 5.69 Å². The summed E-state index contributed by atoms with van der Waals surface area (Å²) in [7, 11) is 0. The summed E-state index contributed by atoms with van der Waals surface area (Å²) >= 11 is 0. The van der Waals surface area contributed by atoms with E-state index < -0.39 is 4.92 Å². The number of nitrogens with zero attached hydrogens (tertiary/aromatic N) is 2. The van der Waals surface area contributed by atoms with Crippen LogP contribution < -0.4 is 10.6 Å². The van der Waals surface area contributed by atoms with Gasteiger partial charge in [-0.3, -0.25) is 10.1 Å². The van der Waals surface area contributed by atoms with Gasteiger partial charge >= 0.3 is 0 Å². The standard InChI is InChI=1S/C15H24N4O2.HI/c1-11(2)9-16-15(18-12(3)4)17-10-13-5-7-14(8-6-13)19(20)21;/h5-8,11-12H,9-10H2,1-4H3,(H2,16,17,18);1H. The maximum Gasteiger partial charge on any atom is 0.269 e. The molecule has 0 radical (unpaired) electrons. The van der Waals surface area contributed by atoms with Crippen LogP contribution in [0.3, 0.4) is 0 Å². The normalized spacial score (nSPS) is 11.3. The van der Waals surface area contributed by atoms with Gasteiger partial charge in [0.2, 0.25) is 0 Å². The summed E-state index contributed by atoms with van der Waals surface area (Å²) in [6.07, 6.45) is 0. The lowest BCUT2D eigenvalue weighted by molar-refractivity contribution is -0.384. The Morgan fingerprint density at radius 3 is 2.27 bits per heavy atom. The number of non-ortho nitro benzene ring substituents is 1. The molecule has 1 aromatic rings. The molecule has 0 aliphatic rings. The third-order valence-corrected chi connectivity index (χ3v) is 2.67. The lowest BCUT2D eigenvalue weighted by Crippen LogP contribution is -2.42. The lowest BCUT2D eigenvalue weighted by atomic mass is 10.2. The zero-order valence-corrected chi connectivity index (χ0v) is 15.8. The largest absolute Gasteiger partial charge is 0.356 e. The van der Waals surface area contributed by atoms with E-state index in [0.29, 0.717) is 18.5 Å². The summed E-state index contributed by atoms with van der Waals surface area (Å²) in [6.45, 7) is 9.71. The van der Waals surface area contributed by atoms with E-state index in [1.807, 2.05) is 0 Å². The maximum absolute atomic E-state index is 10.6. The number of benzene rings is 1.